The van der Waals surface area contributed by atoms with Gasteiger partial charge in [-0.05, 0) is 30.8 Å². The van der Waals surface area contributed by atoms with Gasteiger partial charge in [-0.1, -0.05) is 66.7 Å². The Kier molecular flexibility index (Phi) is 7.48. The van der Waals surface area contributed by atoms with E-state index in [4.69, 9.17) is 9.15 Å². The van der Waals surface area contributed by atoms with Crippen LogP contribution in [0.5, 0.6) is 0 Å². The molecule has 0 atom stereocenters. The van der Waals surface area contributed by atoms with Crippen molar-refractivity contribution in [1.29, 1.82) is 5.26 Å². The number of nitriles is 1. The maximum atomic E-state index is 12.6. The Hall–Kier alpha value is -4.72. The van der Waals surface area contributed by atoms with Gasteiger partial charge in [0.1, 0.15) is 17.4 Å². The van der Waals surface area contributed by atoms with Crippen molar-refractivity contribution in [2.24, 2.45) is 0 Å². The summed E-state index contributed by atoms with van der Waals surface area (Å²) in [5.41, 5.74) is 2.03. The highest BCUT2D eigenvalue weighted by molar-refractivity contribution is 7.89. The molecule has 0 fully saturated rings. The molecule has 186 valence electrons. The zero-order valence-corrected chi connectivity index (χ0v) is 20.4. The molecule has 0 unspecified atom stereocenters. The van der Waals surface area contributed by atoms with Gasteiger partial charge >= 0.3 is 5.97 Å². The highest BCUT2D eigenvalue weighted by Gasteiger charge is 2.24. The largest absolute Gasteiger partial charge is 0.452 e. The Labute approximate surface area is 213 Å². The molecule has 0 radical (unpaired) electrons. The molecule has 2 N–H and O–H groups in total. The van der Waals surface area contributed by atoms with Crippen molar-refractivity contribution in [2.75, 3.05) is 19.0 Å². The number of benzene rings is 3. The fraction of sp³-hybridized carbons (Fsp3) is 0.0741. The van der Waals surface area contributed by atoms with Crippen LogP contribution in [-0.4, -0.2) is 33.9 Å². The minimum Gasteiger partial charge on any atom is -0.452 e. The summed E-state index contributed by atoms with van der Waals surface area (Å²) in [6.45, 7) is -0.686. The second kappa shape index (κ2) is 10.9. The van der Waals surface area contributed by atoms with Gasteiger partial charge < -0.3 is 9.15 Å². The lowest BCUT2D eigenvalue weighted by Gasteiger charge is -2.07. The maximum absolute atomic E-state index is 12.6. The predicted octanol–water partition coefficient (Wildman–Crippen LogP) is 4.19. The number of furan rings is 1. The van der Waals surface area contributed by atoms with Crippen LogP contribution in [0.2, 0.25) is 0 Å². The fourth-order valence-electron chi connectivity index (χ4n) is 3.58. The van der Waals surface area contributed by atoms with Crippen molar-refractivity contribution in [3.63, 3.8) is 0 Å². The topological polar surface area (TPSA) is 138 Å². The van der Waals surface area contributed by atoms with Crippen LogP contribution in [0.1, 0.15) is 15.9 Å². The molecule has 4 rings (SSSR count). The highest BCUT2D eigenvalue weighted by Crippen LogP contribution is 2.41. The number of hydrogen-bond acceptors (Lipinski definition) is 7. The van der Waals surface area contributed by atoms with E-state index in [2.05, 4.69) is 16.1 Å². The average Bonchev–Trinajstić information content (AvgIpc) is 3.30. The Morgan fingerprint density at radius 1 is 0.946 bits per heavy atom. The zero-order chi connectivity index (χ0) is 26.4. The van der Waals surface area contributed by atoms with Gasteiger partial charge in [0.25, 0.3) is 5.91 Å². The summed E-state index contributed by atoms with van der Waals surface area (Å²) in [6.07, 6.45) is 0. The van der Waals surface area contributed by atoms with Gasteiger partial charge in [-0.2, -0.15) is 5.26 Å². The molecule has 0 saturated heterocycles. The van der Waals surface area contributed by atoms with Gasteiger partial charge in [-0.25, -0.2) is 17.9 Å². The van der Waals surface area contributed by atoms with Crippen molar-refractivity contribution >= 4 is 27.8 Å². The number of ether oxygens (including phenoxy) is 1. The number of anilines is 1. The van der Waals surface area contributed by atoms with Gasteiger partial charge in [-0.3, -0.25) is 10.1 Å². The summed E-state index contributed by atoms with van der Waals surface area (Å²) in [6, 6.07) is 25.6. The molecule has 10 heteroatoms. The number of sulfonamides is 1. The molecular formula is C27H21N3O6S. The Morgan fingerprint density at radius 3 is 2.22 bits per heavy atom. The van der Waals surface area contributed by atoms with Crippen LogP contribution in [-0.2, 0) is 19.6 Å². The van der Waals surface area contributed by atoms with Gasteiger partial charge in [0.05, 0.1) is 10.5 Å². The molecule has 0 bridgehead atoms. The molecule has 4 aromatic rings. The minimum atomic E-state index is -3.76. The van der Waals surface area contributed by atoms with Crippen molar-refractivity contribution < 1.29 is 27.2 Å². The van der Waals surface area contributed by atoms with E-state index in [1.54, 1.807) is 0 Å². The first-order valence-electron chi connectivity index (χ1n) is 11.0. The first kappa shape index (κ1) is 25.4. The van der Waals surface area contributed by atoms with Crippen LogP contribution in [0, 0.1) is 11.3 Å². The monoisotopic (exact) mass is 515 g/mol. The van der Waals surface area contributed by atoms with E-state index in [1.165, 1.54) is 25.2 Å². The van der Waals surface area contributed by atoms with Gasteiger partial charge in [-0.15, -0.1) is 0 Å². The molecule has 1 aromatic heterocycles. The van der Waals surface area contributed by atoms with Crippen LogP contribution >= 0.6 is 0 Å². The van der Waals surface area contributed by atoms with E-state index in [0.29, 0.717) is 16.9 Å². The van der Waals surface area contributed by atoms with Crippen molar-refractivity contribution in [3.8, 4) is 28.5 Å². The van der Waals surface area contributed by atoms with Crippen molar-refractivity contribution in [3.05, 3.63) is 96.1 Å². The number of amides is 1. The quantitative estimate of drug-likeness (QED) is 0.336. The minimum absolute atomic E-state index is 0.0439. The van der Waals surface area contributed by atoms with Crippen molar-refractivity contribution in [1.82, 2.24) is 4.72 Å². The molecule has 9 nitrogen and oxygen atoms in total. The first-order valence-corrected chi connectivity index (χ1v) is 12.5. The number of nitrogens with one attached hydrogen (secondary N) is 2. The second-order valence-electron chi connectivity index (χ2n) is 7.71. The third-order valence-electron chi connectivity index (χ3n) is 5.35. The summed E-state index contributed by atoms with van der Waals surface area (Å²) in [5, 5.41) is 12.4. The highest BCUT2D eigenvalue weighted by atomic mass is 32.2. The summed E-state index contributed by atoms with van der Waals surface area (Å²) < 4.78 is 37.1. The lowest BCUT2D eigenvalue weighted by atomic mass is 9.98. The fourth-order valence-corrected chi connectivity index (χ4v) is 4.36. The van der Waals surface area contributed by atoms with Crippen LogP contribution in [0.15, 0.2) is 94.2 Å². The Bertz CT molecular complexity index is 1590. The number of nitrogens with zero attached hydrogens (tertiary/aromatic N) is 1. The zero-order valence-electron chi connectivity index (χ0n) is 19.6. The van der Waals surface area contributed by atoms with Crippen LogP contribution < -0.4 is 10.0 Å². The molecule has 3 aromatic carbocycles. The SMILES string of the molecule is CNS(=O)(=O)c1cccc(C(=O)OCC(=O)Nc2oc(-c3ccccc3)c(-c3ccccc3)c2C#N)c1. The molecule has 1 heterocycles. The van der Waals surface area contributed by atoms with Crippen LogP contribution in [0.25, 0.3) is 22.5 Å². The van der Waals surface area contributed by atoms with E-state index in [9.17, 15) is 23.3 Å². The van der Waals surface area contributed by atoms with Gasteiger partial charge in [0.15, 0.2) is 6.61 Å². The molecule has 0 saturated carbocycles. The lowest BCUT2D eigenvalue weighted by molar-refractivity contribution is -0.119. The smallest absolute Gasteiger partial charge is 0.338 e. The predicted molar refractivity (Wildman–Crippen MR) is 136 cm³/mol. The second-order valence-corrected chi connectivity index (χ2v) is 9.60. The molecule has 1 amide bonds. The van der Waals surface area contributed by atoms with E-state index >= 15 is 0 Å². The summed E-state index contributed by atoms with van der Waals surface area (Å²) >= 11 is 0. The number of carbonyl (C=O) groups is 2. The summed E-state index contributed by atoms with van der Waals surface area (Å²) in [4.78, 5) is 24.9. The Morgan fingerprint density at radius 2 is 1.59 bits per heavy atom. The van der Waals surface area contributed by atoms with E-state index in [-0.39, 0.29) is 21.9 Å². The third kappa shape index (κ3) is 5.59. The van der Waals surface area contributed by atoms with Gasteiger partial charge in [0.2, 0.25) is 15.9 Å². The number of rotatable bonds is 8. The maximum Gasteiger partial charge on any atom is 0.338 e. The summed E-state index contributed by atoms with van der Waals surface area (Å²) in [5.74, 6) is -1.31. The standard InChI is InChI=1S/C27H21N3O6S/c1-29-37(33,34)21-14-8-13-20(15-21)27(32)35-17-23(31)30-26-22(16-28)24(18-9-4-2-5-10-18)25(36-26)19-11-6-3-7-12-19/h2-15,29H,17H2,1H3,(H,30,31). The Balaban J connectivity index is 1.56. The van der Waals surface area contributed by atoms with E-state index in [0.717, 1.165) is 11.6 Å². The van der Waals surface area contributed by atoms with Crippen molar-refractivity contribution in [2.45, 2.75) is 4.90 Å². The number of esters is 1. The van der Waals surface area contributed by atoms with E-state index in [1.807, 2.05) is 60.7 Å². The van der Waals surface area contributed by atoms with Crippen LogP contribution in [0.4, 0.5) is 5.88 Å². The lowest BCUT2D eigenvalue weighted by Crippen LogP contribution is -2.22. The molecule has 0 aliphatic heterocycles. The molecule has 0 spiro atoms. The first-order chi connectivity index (χ1) is 17.8. The van der Waals surface area contributed by atoms with Crippen LogP contribution in [0.3, 0.4) is 0 Å². The van der Waals surface area contributed by atoms with Gasteiger partial charge in [0, 0.05) is 11.1 Å². The molecular weight excluding hydrogens is 494 g/mol. The number of carbonyl (C=O) groups excluding carboxylic acids is 2. The molecule has 0 aliphatic carbocycles. The summed E-state index contributed by atoms with van der Waals surface area (Å²) in [7, 11) is -2.51. The average molecular weight is 516 g/mol. The third-order valence-corrected chi connectivity index (χ3v) is 6.77. The molecule has 0 aliphatic rings. The normalized spacial score (nSPS) is 10.9. The van der Waals surface area contributed by atoms with E-state index < -0.39 is 28.5 Å². The molecule has 37 heavy (non-hydrogen) atoms. The number of hydrogen-bond donors (Lipinski definition) is 2.